The molecule has 2 N–H and O–H groups in total. The van der Waals surface area contributed by atoms with Crippen molar-refractivity contribution in [3.05, 3.63) is 45.8 Å². The second kappa shape index (κ2) is 9.57. The number of carbonyl (C=O) groups is 3. The summed E-state index contributed by atoms with van der Waals surface area (Å²) in [6.07, 6.45) is -0.807. The second-order valence-corrected chi connectivity index (χ2v) is 8.09. The number of aryl methyl sites for hydroxylation is 2. The number of thioether (sulfide) groups is 1. The molecule has 0 unspecified atom stereocenters. The van der Waals surface area contributed by atoms with E-state index in [1.807, 2.05) is 38.1 Å². The molecule has 0 atom stereocenters. The first-order chi connectivity index (χ1) is 12.8. The zero-order valence-electron chi connectivity index (χ0n) is 15.7. The fourth-order valence-corrected chi connectivity index (χ4v) is 4.03. The number of alkyl carbamates (subject to hydrolysis) is 1. The van der Waals surface area contributed by atoms with Crippen molar-refractivity contribution in [2.75, 3.05) is 17.7 Å². The summed E-state index contributed by atoms with van der Waals surface area (Å²) in [5, 5.41) is 5.40. The molecule has 1 aromatic heterocycles. The SMILES string of the molecule is CCOC(=O)NC(=O)c1c(NC(=O)CSc2ccc(C)cc2)sc(C)c1C. The van der Waals surface area contributed by atoms with Crippen molar-refractivity contribution in [2.45, 2.75) is 32.6 Å². The van der Waals surface area contributed by atoms with Gasteiger partial charge in [0.15, 0.2) is 0 Å². The van der Waals surface area contributed by atoms with Crippen LogP contribution < -0.4 is 10.6 Å². The lowest BCUT2D eigenvalue weighted by molar-refractivity contribution is -0.113. The number of amides is 3. The van der Waals surface area contributed by atoms with E-state index in [1.54, 1.807) is 13.8 Å². The number of imide groups is 1. The fraction of sp³-hybridized carbons (Fsp3) is 0.316. The Morgan fingerprint density at radius 2 is 1.78 bits per heavy atom. The molecule has 6 nitrogen and oxygen atoms in total. The van der Waals surface area contributed by atoms with Crippen molar-refractivity contribution in [3.63, 3.8) is 0 Å². The van der Waals surface area contributed by atoms with Gasteiger partial charge in [0.05, 0.1) is 17.9 Å². The Labute approximate surface area is 166 Å². The van der Waals surface area contributed by atoms with Crippen LogP contribution in [0.5, 0.6) is 0 Å². The first kappa shape index (κ1) is 21.0. The monoisotopic (exact) mass is 406 g/mol. The first-order valence-electron chi connectivity index (χ1n) is 8.39. The molecule has 0 aliphatic heterocycles. The Kier molecular flexibility index (Phi) is 7.44. The van der Waals surface area contributed by atoms with Gasteiger partial charge in [-0.1, -0.05) is 17.7 Å². The molecule has 0 bridgehead atoms. The number of nitrogens with one attached hydrogen (secondary N) is 2. The van der Waals surface area contributed by atoms with Gasteiger partial charge >= 0.3 is 6.09 Å². The average Bonchev–Trinajstić information content (AvgIpc) is 2.88. The third kappa shape index (κ3) is 5.83. The molecule has 0 spiro atoms. The van der Waals surface area contributed by atoms with Gasteiger partial charge in [-0.15, -0.1) is 23.1 Å². The standard InChI is InChI=1S/C19H22N2O4S2/c1-5-25-19(24)21-17(23)16-12(3)13(4)27-18(16)20-15(22)10-26-14-8-6-11(2)7-9-14/h6-9H,5,10H2,1-4H3,(H,20,22)(H,21,23,24). The van der Waals surface area contributed by atoms with Crippen molar-refractivity contribution in [2.24, 2.45) is 0 Å². The summed E-state index contributed by atoms with van der Waals surface area (Å²) in [6.45, 7) is 7.47. The molecule has 0 aliphatic rings. The Balaban J connectivity index is 2.05. The average molecular weight is 407 g/mol. The van der Waals surface area contributed by atoms with Crippen LogP contribution in [0.2, 0.25) is 0 Å². The molecule has 0 fully saturated rings. The predicted molar refractivity (Wildman–Crippen MR) is 109 cm³/mol. The van der Waals surface area contributed by atoms with E-state index in [9.17, 15) is 14.4 Å². The highest BCUT2D eigenvalue weighted by atomic mass is 32.2. The number of hydrogen-bond donors (Lipinski definition) is 2. The lowest BCUT2D eigenvalue weighted by atomic mass is 10.1. The van der Waals surface area contributed by atoms with Crippen LogP contribution in [-0.4, -0.2) is 30.3 Å². The Morgan fingerprint density at radius 1 is 1.11 bits per heavy atom. The largest absolute Gasteiger partial charge is 0.450 e. The summed E-state index contributed by atoms with van der Waals surface area (Å²) in [5.41, 5.74) is 2.17. The third-order valence-electron chi connectivity index (χ3n) is 3.75. The quantitative estimate of drug-likeness (QED) is 0.699. The Morgan fingerprint density at radius 3 is 2.41 bits per heavy atom. The van der Waals surface area contributed by atoms with Gasteiger partial charge < -0.3 is 10.1 Å². The summed E-state index contributed by atoms with van der Waals surface area (Å²) < 4.78 is 4.74. The number of hydrogen-bond acceptors (Lipinski definition) is 6. The van der Waals surface area contributed by atoms with Crippen LogP contribution in [0.1, 0.15) is 33.3 Å². The molecule has 0 saturated heterocycles. The van der Waals surface area contributed by atoms with Gasteiger partial charge in [0.25, 0.3) is 5.91 Å². The van der Waals surface area contributed by atoms with Crippen LogP contribution in [0, 0.1) is 20.8 Å². The van der Waals surface area contributed by atoms with Gasteiger partial charge in [0.1, 0.15) is 5.00 Å². The van der Waals surface area contributed by atoms with Gasteiger partial charge in [0, 0.05) is 9.77 Å². The highest BCUT2D eigenvalue weighted by Crippen LogP contribution is 2.32. The number of ether oxygens (including phenoxy) is 1. The molecule has 1 heterocycles. The maximum absolute atomic E-state index is 12.4. The van der Waals surface area contributed by atoms with Crippen molar-refractivity contribution < 1.29 is 19.1 Å². The van der Waals surface area contributed by atoms with E-state index in [4.69, 9.17) is 4.74 Å². The molecule has 1 aromatic carbocycles. The van der Waals surface area contributed by atoms with E-state index in [2.05, 4.69) is 10.6 Å². The number of benzene rings is 1. The summed E-state index contributed by atoms with van der Waals surface area (Å²) in [7, 11) is 0. The molecule has 2 aromatic rings. The minimum Gasteiger partial charge on any atom is -0.450 e. The van der Waals surface area contributed by atoms with Crippen LogP contribution in [0.3, 0.4) is 0 Å². The highest BCUT2D eigenvalue weighted by molar-refractivity contribution is 8.00. The topological polar surface area (TPSA) is 84.5 Å². The molecule has 0 aliphatic carbocycles. The maximum atomic E-state index is 12.4. The van der Waals surface area contributed by atoms with Gasteiger partial charge in [-0.05, 0) is 45.4 Å². The highest BCUT2D eigenvalue weighted by Gasteiger charge is 2.22. The summed E-state index contributed by atoms with van der Waals surface area (Å²) in [4.78, 5) is 38.1. The van der Waals surface area contributed by atoms with Crippen molar-refractivity contribution in [1.29, 1.82) is 0 Å². The molecular weight excluding hydrogens is 384 g/mol. The van der Waals surface area contributed by atoms with Gasteiger partial charge in [-0.25, -0.2) is 4.79 Å². The van der Waals surface area contributed by atoms with Crippen LogP contribution >= 0.6 is 23.1 Å². The third-order valence-corrected chi connectivity index (χ3v) is 5.88. The lowest BCUT2D eigenvalue weighted by Crippen LogP contribution is -2.32. The predicted octanol–water partition coefficient (Wildman–Crippen LogP) is 4.29. The molecule has 8 heteroatoms. The van der Waals surface area contributed by atoms with E-state index in [1.165, 1.54) is 23.1 Å². The number of rotatable bonds is 6. The Bertz CT molecular complexity index is 844. The van der Waals surface area contributed by atoms with E-state index in [-0.39, 0.29) is 18.3 Å². The molecule has 27 heavy (non-hydrogen) atoms. The lowest BCUT2D eigenvalue weighted by Gasteiger charge is -2.08. The number of thiophene rings is 1. The normalized spacial score (nSPS) is 10.4. The number of carbonyl (C=O) groups excluding carboxylic acids is 3. The molecule has 0 saturated carbocycles. The molecule has 0 radical (unpaired) electrons. The van der Waals surface area contributed by atoms with Crippen molar-refractivity contribution >= 4 is 46.0 Å². The summed E-state index contributed by atoms with van der Waals surface area (Å²) >= 11 is 2.72. The van der Waals surface area contributed by atoms with E-state index < -0.39 is 12.0 Å². The second-order valence-electron chi connectivity index (χ2n) is 5.81. The zero-order chi connectivity index (χ0) is 20.0. The fourth-order valence-electron chi connectivity index (χ4n) is 2.26. The molecular formula is C19H22N2O4S2. The number of anilines is 1. The summed E-state index contributed by atoms with van der Waals surface area (Å²) in [5.74, 6) is -0.582. The van der Waals surface area contributed by atoms with Gasteiger partial charge in [0.2, 0.25) is 5.91 Å². The Hall–Kier alpha value is -2.32. The summed E-state index contributed by atoms with van der Waals surface area (Å²) in [6, 6.07) is 7.91. The zero-order valence-corrected chi connectivity index (χ0v) is 17.3. The maximum Gasteiger partial charge on any atom is 0.414 e. The molecule has 144 valence electrons. The van der Waals surface area contributed by atoms with E-state index in [0.717, 1.165) is 20.9 Å². The van der Waals surface area contributed by atoms with E-state index >= 15 is 0 Å². The van der Waals surface area contributed by atoms with Gasteiger partial charge in [-0.2, -0.15) is 0 Å². The van der Waals surface area contributed by atoms with Crippen LogP contribution in [0.15, 0.2) is 29.2 Å². The van der Waals surface area contributed by atoms with E-state index in [0.29, 0.717) is 10.6 Å². The first-order valence-corrected chi connectivity index (χ1v) is 10.2. The van der Waals surface area contributed by atoms with Gasteiger partial charge in [-0.3, -0.25) is 14.9 Å². The van der Waals surface area contributed by atoms with Crippen LogP contribution in [0.25, 0.3) is 0 Å². The molecule has 3 amide bonds. The minimum atomic E-state index is -0.807. The van der Waals surface area contributed by atoms with Crippen molar-refractivity contribution in [3.8, 4) is 0 Å². The van der Waals surface area contributed by atoms with Crippen molar-refractivity contribution in [1.82, 2.24) is 5.32 Å². The van der Waals surface area contributed by atoms with Crippen LogP contribution in [0.4, 0.5) is 9.80 Å². The van der Waals surface area contributed by atoms with Crippen LogP contribution in [-0.2, 0) is 9.53 Å². The smallest absolute Gasteiger partial charge is 0.414 e. The minimum absolute atomic E-state index is 0.167. The molecule has 2 rings (SSSR count).